The van der Waals surface area contributed by atoms with E-state index in [2.05, 4.69) is 14.4 Å². The van der Waals surface area contributed by atoms with Gasteiger partial charge in [0.05, 0.1) is 12.8 Å². The first kappa shape index (κ1) is 18.8. The first-order valence-corrected chi connectivity index (χ1v) is 10.2. The van der Waals surface area contributed by atoms with Crippen molar-refractivity contribution in [1.29, 1.82) is 0 Å². The van der Waals surface area contributed by atoms with E-state index in [1.807, 2.05) is 36.4 Å². The summed E-state index contributed by atoms with van der Waals surface area (Å²) in [5.41, 5.74) is 1.99. The molecule has 0 aliphatic rings. The maximum Gasteiger partial charge on any atom is 0.349 e. The molecular formula is C19H16N2O4S2. The first-order chi connectivity index (χ1) is 13.0. The standard InChI is InChI=1S/C19H16N2O4S2/c1-25-19(22)18-17(10-12-26-18)27(23,24)21-16-7-4-5-14(13-16)8-9-15-6-2-3-11-20-15/h2-13,21H,1H3. The molecule has 0 unspecified atom stereocenters. The zero-order valence-corrected chi connectivity index (χ0v) is 16.0. The van der Waals surface area contributed by atoms with Crippen molar-refractivity contribution in [2.75, 3.05) is 11.8 Å². The van der Waals surface area contributed by atoms with E-state index in [1.54, 1.807) is 24.4 Å². The molecule has 0 spiro atoms. The second kappa shape index (κ2) is 8.15. The molecule has 0 aliphatic heterocycles. The van der Waals surface area contributed by atoms with Crippen LogP contribution in [0, 0.1) is 0 Å². The van der Waals surface area contributed by atoms with Crippen molar-refractivity contribution in [1.82, 2.24) is 4.98 Å². The minimum atomic E-state index is -3.92. The lowest BCUT2D eigenvalue weighted by atomic mass is 10.2. The average molecular weight is 400 g/mol. The van der Waals surface area contributed by atoms with Gasteiger partial charge in [-0.05, 0) is 47.4 Å². The second-order valence-electron chi connectivity index (χ2n) is 5.42. The molecule has 138 valence electrons. The van der Waals surface area contributed by atoms with Gasteiger partial charge in [0.1, 0.15) is 9.77 Å². The van der Waals surface area contributed by atoms with Crippen LogP contribution in [0.25, 0.3) is 12.2 Å². The summed E-state index contributed by atoms with van der Waals surface area (Å²) in [7, 11) is -2.70. The van der Waals surface area contributed by atoms with Crippen LogP contribution in [0.1, 0.15) is 20.9 Å². The zero-order chi connectivity index (χ0) is 19.3. The number of aromatic nitrogens is 1. The Labute approximate surface area is 161 Å². The molecule has 8 heteroatoms. The van der Waals surface area contributed by atoms with Gasteiger partial charge in [-0.1, -0.05) is 24.3 Å². The molecule has 1 aromatic carbocycles. The Morgan fingerprint density at radius 1 is 1.15 bits per heavy atom. The van der Waals surface area contributed by atoms with E-state index in [1.165, 1.54) is 18.6 Å². The lowest BCUT2D eigenvalue weighted by Gasteiger charge is -2.09. The molecule has 2 heterocycles. The molecule has 0 saturated heterocycles. The number of rotatable bonds is 6. The van der Waals surface area contributed by atoms with Crippen LogP contribution in [-0.4, -0.2) is 26.5 Å². The number of benzene rings is 1. The molecule has 2 aromatic heterocycles. The lowest BCUT2D eigenvalue weighted by Crippen LogP contribution is -2.15. The Hall–Kier alpha value is -2.97. The third-order valence-corrected chi connectivity index (χ3v) is 6.01. The predicted molar refractivity (Wildman–Crippen MR) is 106 cm³/mol. The maximum atomic E-state index is 12.7. The van der Waals surface area contributed by atoms with E-state index >= 15 is 0 Å². The van der Waals surface area contributed by atoms with E-state index in [0.29, 0.717) is 5.69 Å². The lowest BCUT2D eigenvalue weighted by molar-refractivity contribution is 0.0602. The average Bonchev–Trinajstić information content (AvgIpc) is 3.17. The Bertz CT molecular complexity index is 1070. The van der Waals surface area contributed by atoms with Gasteiger partial charge >= 0.3 is 5.97 Å². The number of carbonyl (C=O) groups excluding carboxylic acids is 1. The minimum Gasteiger partial charge on any atom is -0.465 e. The third-order valence-electron chi connectivity index (χ3n) is 3.56. The molecule has 0 saturated carbocycles. The number of nitrogens with zero attached hydrogens (tertiary/aromatic N) is 1. The van der Waals surface area contributed by atoms with Crippen LogP contribution >= 0.6 is 11.3 Å². The van der Waals surface area contributed by atoms with Gasteiger partial charge in [0.15, 0.2) is 0 Å². The second-order valence-corrected chi connectivity index (χ2v) is 7.99. The molecular weight excluding hydrogens is 384 g/mol. The van der Waals surface area contributed by atoms with Crippen molar-refractivity contribution >= 4 is 45.2 Å². The van der Waals surface area contributed by atoms with Crippen LogP contribution in [0.2, 0.25) is 0 Å². The number of esters is 1. The van der Waals surface area contributed by atoms with Crippen LogP contribution in [0.3, 0.4) is 0 Å². The van der Waals surface area contributed by atoms with Crippen LogP contribution < -0.4 is 4.72 Å². The molecule has 1 N–H and O–H groups in total. The van der Waals surface area contributed by atoms with E-state index in [0.717, 1.165) is 22.6 Å². The number of hydrogen-bond acceptors (Lipinski definition) is 6. The van der Waals surface area contributed by atoms with Crippen LogP contribution in [0.15, 0.2) is 65.0 Å². The number of hydrogen-bond donors (Lipinski definition) is 1. The van der Waals surface area contributed by atoms with Gasteiger partial charge in [0, 0.05) is 11.9 Å². The van der Waals surface area contributed by atoms with E-state index in [-0.39, 0.29) is 9.77 Å². The molecule has 0 amide bonds. The molecule has 3 rings (SSSR count). The summed E-state index contributed by atoms with van der Waals surface area (Å²) in [6.07, 6.45) is 5.37. The Morgan fingerprint density at radius 2 is 2.00 bits per heavy atom. The van der Waals surface area contributed by atoms with Gasteiger partial charge in [-0.15, -0.1) is 11.3 Å². The summed E-state index contributed by atoms with van der Waals surface area (Å²) in [6.45, 7) is 0. The van der Waals surface area contributed by atoms with Crippen molar-refractivity contribution in [2.24, 2.45) is 0 Å². The summed E-state index contributed by atoms with van der Waals surface area (Å²) in [5.74, 6) is -0.683. The first-order valence-electron chi connectivity index (χ1n) is 7.87. The summed E-state index contributed by atoms with van der Waals surface area (Å²) in [6, 6.07) is 13.9. The van der Waals surface area contributed by atoms with Crippen molar-refractivity contribution < 1.29 is 17.9 Å². The molecule has 6 nitrogen and oxygen atoms in total. The van der Waals surface area contributed by atoms with Crippen LogP contribution in [0.4, 0.5) is 5.69 Å². The van der Waals surface area contributed by atoms with Crippen molar-refractivity contribution in [3.63, 3.8) is 0 Å². The molecule has 0 radical (unpaired) electrons. The topological polar surface area (TPSA) is 85.4 Å². The molecule has 0 aliphatic carbocycles. The fourth-order valence-corrected chi connectivity index (χ4v) is 4.71. The smallest absolute Gasteiger partial charge is 0.349 e. The number of ether oxygens (including phenoxy) is 1. The zero-order valence-electron chi connectivity index (χ0n) is 14.3. The van der Waals surface area contributed by atoms with Gasteiger partial charge in [-0.25, -0.2) is 13.2 Å². The van der Waals surface area contributed by atoms with Gasteiger partial charge in [-0.2, -0.15) is 0 Å². The van der Waals surface area contributed by atoms with Gasteiger partial charge in [0.25, 0.3) is 10.0 Å². The number of methoxy groups -OCH3 is 1. The number of carbonyl (C=O) groups is 1. The van der Waals surface area contributed by atoms with Crippen molar-refractivity contribution in [3.8, 4) is 0 Å². The number of anilines is 1. The highest BCUT2D eigenvalue weighted by atomic mass is 32.2. The van der Waals surface area contributed by atoms with E-state index < -0.39 is 16.0 Å². The Morgan fingerprint density at radius 3 is 2.74 bits per heavy atom. The number of nitrogens with one attached hydrogen (secondary N) is 1. The van der Waals surface area contributed by atoms with Crippen LogP contribution in [-0.2, 0) is 14.8 Å². The SMILES string of the molecule is COC(=O)c1sccc1S(=O)(=O)Nc1cccc(C=Cc2ccccn2)c1. The quantitative estimate of drug-likeness (QED) is 0.634. The van der Waals surface area contributed by atoms with Crippen LogP contribution in [0.5, 0.6) is 0 Å². The van der Waals surface area contributed by atoms with Crippen molar-refractivity contribution in [2.45, 2.75) is 4.90 Å². The highest BCUT2D eigenvalue weighted by Crippen LogP contribution is 2.25. The summed E-state index contributed by atoms with van der Waals surface area (Å²) < 4.78 is 32.4. The summed E-state index contributed by atoms with van der Waals surface area (Å²) >= 11 is 1.02. The van der Waals surface area contributed by atoms with Gasteiger partial charge in [-0.3, -0.25) is 9.71 Å². The molecule has 0 fully saturated rings. The molecule has 0 bridgehead atoms. The number of sulfonamides is 1. The summed E-state index contributed by atoms with van der Waals surface area (Å²) in [4.78, 5) is 15.9. The number of thiophene rings is 1. The Balaban J connectivity index is 1.83. The Kier molecular flexibility index (Phi) is 5.68. The number of pyridine rings is 1. The molecule has 3 aromatic rings. The van der Waals surface area contributed by atoms with E-state index in [4.69, 9.17) is 0 Å². The highest BCUT2D eigenvalue weighted by Gasteiger charge is 2.24. The van der Waals surface area contributed by atoms with Gasteiger partial charge < -0.3 is 4.74 Å². The third kappa shape index (κ3) is 4.60. The minimum absolute atomic E-state index is 0.0382. The largest absolute Gasteiger partial charge is 0.465 e. The fourth-order valence-electron chi connectivity index (χ4n) is 2.32. The predicted octanol–water partition coefficient (Wildman–Crippen LogP) is 3.90. The maximum absolute atomic E-state index is 12.7. The van der Waals surface area contributed by atoms with Gasteiger partial charge in [0.2, 0.25) is 0 Å². The summed E-state index contributed by atoms with van der Waals surface area (Å²) in [5, 5.41) is 1.53. The monoisotopic (exact) mass is 400 g/mol. The van der Waals surface area contributed by atoms with E-state index in [9.17, 15) is 13.2 Å². The fraction of sp³-hybridized carbons (Fsp3) is 0.0526. The molecule has 0 atom stereocenters. The van der Waals surface area contributed by atoms with Crippen molar-refractivity contribution in [3.05, 3.63) is 76.2 Å². The normalized spacial score (nSPS) is 11.4. The molecule has 27 heavy (non-hydrogen) atoms. The highest BCUT2D eigenvalue weighted by molar-refractivity contribution is 7.93.